The molecule has 3 heterocycles. The molecule has 126 valence electrons. The molecule has 0 saturated heterocycles. The van der Waals surface area contributed by atoms with Crippen LogP contribution in [0.1, 0.15) is 66.2 Å². The maximum Gasteiger partial charge on any atom is 0.131 e. The molecule has 0 radical (unpaired) electrons. The van der Waals surface area contributed by atoms with Crippen LogP contribution < -0.4 is 0 Å². The molecule has 0 aromatic carbocycles. The van der Waals surface area contributed by atoms with Gasteiger partial charge in [0.2, 0.25) is 0 Å². The van der Waals surface area contributed by atoms with Crippen LogP contribution in [0, 0.1) is 6.92 Å². The molecule has 4 nitrogen and oxygen atoms in total. The van der Waals surface area contributed by atoms with Crippen molar-refractivity contribution in [1.29, 1.82) is 0 Å². The molecule has 2 aromatic heterocycles. The summed E-state index contributed by atoms with van der Waals surface area (Å²) in [6.45, 7) is 5.15. The van der Waals surface area contributed by atoms with E-state index in [-0.39, 0.29) is 0 Å². The van der Waals surface area contributed by atoms with Crippen molar-refractivity contribution < 1.29 is 0 Å². The number of hydrogen-bond donors (Lipinski definition) is 0. The van der Waals surface area contributed by atoms with Crippen LogP contribution in [-0.2, 0) is 19.5 Å². The molecule has 0 spiro atoms. The van der Waals surface area contributed by atoms with E-state index in [1.165, 1.54) is 54.5 Å². The van der Waals surface area contributed by atoms with E-state index in [9.17, 15) is 0 Å². The number of aryl methyl sites for hydroxylation is 1. The molecule has 4 rings (SSSR count). The number of aromatic nitrogens is 3. The van der Waals surface area contributed by atoms with Gasteiger partial charge in [-0.25, -0.2) is 9.97 Å². The zero-order chi connectivity index (χ0) is 16.4. The summed E-state index contributed by atoms with van der Waals surface area (Å²) in [4.78, 5) is 16.4. The Bertz CT molecular complexity index is 707. The SMILES string of the molecule is Cc1ccncc1CN1CCc2nc(C3CCCCC3)ncc2C1. The third-order valence-electron chi connectivity index (χ3n) is 5.54. The Kier molecular flexibility index (Phi) is 4.56. The Morgan fingerprint density at radius 2 is 2.04 bits per heavy atom. The topological polar surface area (TPSA) is 41.9 Å². The first-order chi connectivity index (χ1) is 11.8. The monoisotopic (exact) mass is 322 g/mol. The molecule has 2 aromatic rings. The van der Waals surface area contributed by atoms with Gasteiger partial charge >= 0.3 is 0 Å². The van der Waals surface area contributed by atoms with Gasteiger partial charge in [-0.15, -0.1) is 0 Å². The van der Waals surface area contributed by atoms with Crippen molar-refractivity contribution in [3.63, 3.8) is 0 Å². The molecule has 0 atom stereocenters. The summed E-state index contributed by atoms with van der Waals surface area (Å²) in [7, 11) is 0. The second-order valence-electron chi connectivity index (χ2n) is 7.30. The van der Waals surface area contributed by atoms with Gasteiger partial charge in [0.05, 0.1) is 0 Å². The third-order valence-corrected chi connectivity index (χ3v) is 5.54. The van der Waals surface area contributed by atoms with Gasteiger partial charge in [-0.1, -0.05) is 19.3 Å². The van der Waals surface area contributed by atoms with Gasteiger partial charge in [0, 0.05) is 61.8 Å². The van der Waals surface area contributed by atoms with Crippen molar-refractivity contribution in [1.82, 2.24) is 19.9 Å². The number of pyridine rings is 1. The number of rotatable bonds is 3. The largest absolute Gasteiger partial charge is 0.294 e. The highest BCUT2D eigenvalue weighted by Gasteiger charge is 2.22. The molecule has 2 aliphatic rings. The summed E-state index contributed by atoms with van der Waals surface area (Å²) >= 11 is 0. The average molecular weight is 322 g/mol. The van der Waals surface area contributed by atoms with Crippen LogP contribution in [0.4, 0.5) is 0 Å². The van der Waals surface area contributed by atoms with Gasteiger partial charge in [-0.05, 0) is 37.0 Å². The maximum atomic E-state index is 4.95. The lowest BCUT2D eigenvalue weighted by Gasteiger charge is -2.29. The summed E-state index contributed by atoms with van der Waals surface area (Å²) < 4.78 is 0. The molecule has 1 fully saturated rings. The van der Waals surface area contributed by atoms with Crippen LogP contribution in [0.25, 0.3) is 0 Å². The summed E-state index contributed by atoms with van der Waals surface area (Å²) in [5.74, 6) is 1.70. The predicted molar refractivity (Wildman–Crippen MR) is 94.7 cm³/mol. The van der Waals surface area contributed by atoms with E-state index in [0.29, 0.717) is 5.92 Å². The fourth-order valence-electron chi connectivity index (χ4n) is 3.99. The van der Waals surface area contributed by atoms with Gasteiger partial charge in [-0.2, -0.15) is 0 Å². The standard InChI is InChI=1S/C20H26N4/c1-15-7-9-21-11-17(15)13-24-10-8-19-18(14-24)12-22-20(23-19)16-5-3-2-4-6-16/h7,9,11-12,16H,2-6,8,10,13-14H2,1H3. The van der Waals surface area contributed by atoms with Crippen molar-refractivity contribution in [2.75, 3.05) is 6.54 Å². The van der Waals surface area contributed by atoms with E-state index in [1.807, 2.05) is 12.4 Å². The third kappa shape index (κ3) is 3.34. The highest BCUT2D eigenvalue weighted by Crippen LogP contribution is 2.31. The molecule has 1 saturated carbocycles. The Hall–Kier alpha value is -1.81. The van der Waals surface area contributed by atoms with Crippen molar-refractivity contribution in [2.24, 2.45) is 0 Å². The smallest absolute Gasteiger partial charge is 0.131 e. The highest BCUT2D eigenvalue weighted by atomic mass is 15.1. The van der Waals surface area contributed by atoms with Gasteiger partial charge in [0.15, 0.2) is 0 Å². The molecule has 1 aliphatic heterocycles. The zero-order valence-electron chi connectivity index (χ0n) is 14.5. The van der Waals surface area contributed by atoms with E-state index >= 15 is 0 Å². The minimum absolute atomic E-state index is 0.597. The molecule has 0 amide bonds. The van der Waals surface area contributed by atoms with Gasteiger partial charge in [0.1, 0.15) is 5.82 Å². The Labute approximate surface area is 144 Å². The lowest BCUT2D eigenvalue weighted by molar-refractivity contribution is 0.241. The van der Waals surface area contributed by atoms with Crippen molar-refractivity contribution >= 4 is 0 Å². The molecular weight excluding hydrogens is 296 g/mol. The first-order valence-electron chi connectivity index (χ1n) is 9.26. The van der Waals surface area contributed by atoms with Crippen molar-refractivity contribution in [2.45, 2.75) is 64.5 Å². The highest BCUT2D eigenvalue weighted by molar-refractivity contribution is 5.24. The van der Waals surface area contributed by atoms with E-state index in [0.717, 1.165) is 31.9 Å². The Morgan fingerprint density at radius 1 is 1.17 bits per heavy atom. The van der Waals surface area contributed by atoms with Crippen LogP contribution in [-0.4, -0.2) is 26.4 Å². The van der Waals surface area contributed by atoms with Crippen molar-refractivity contribution in [3.8, 4) is 0 Å². The number of fused-ring (bicyclic) bond motifs is 1. The first-order valence-corrected chi connectivity index (χ1v) is 9.26. The minimum Gasteiger partial charge on any atom is -0.294 e. The van der Waals surface area contributed by atoms with Crippen LogP contribution >= 0.6 is 0 Å². The van der Waals surface area contributed by atoms with Crippen LogP contribution in [0.3, 0.4) is 0 Å². The van der Waals surface area contributed by atoms with E-state index in [1.54, 1.807) is 0 Å². The van der Waals surface area contributed by atoms with Gasteiger partial charge in [-0.3, -0.25) is 9.88 Å². The minimum atomic E-state index is 0.597. The molecular formula is C20H26N4. The summed E-state index contributed by atoms with van der Waals surface area (Å²) in [6.07, 6.45) is 13.6. The fourth-order valence-corrected chi connectivity index (χ4v) is 3.99. The molecule has 4 heteroatoms. The molecule has 0 bridgehead atoms. The summed E-state index contributed by atoms with van der Waals surface area (Å²) in [5, 5.41) is 0. The van der Waals surface area contributed by atoms with E-state index < -0.39 is 0 Å². The predicted octanol–water partition coefficient (Wildman–Crippen LogP) is 3.79. The van der Waals surface area contributed by atoms with Crippen LogP contribution in [0.2, 0.25) is 0 Å². The van der Waals surface area contributed by atoms with Gasteiger partial charge in [0.25, 0.3) is 0 Å². The zero-order valence-corrected chi connectivity index (χ0v) is 14.5. The maximum absolute atomic E-state index is 4.95. The Morgan fingerprint density at radius 3 is 2.88 bits per heavy atom. The quantitative estimate of drug-likeness (QED) is 0.862. The first kappa shape index (κ1) is 15.7. The lowest BCUT2D eigenvalue weighted by Crippen LogP contribution is -2.31. The summed E-state index contributed by atoms with van der Waals surface area (Å²) in [5.41, 5.74) is 5.23. The molecule has 0 N–H and O–H groups in total. The Balaban J connectivity index is 1.46. The number of nitrogens with zero attached hydrogens (tertiary/aromatic N) is 4. The summed E-state index contributed by atoms with van der Waals surface area (Å²) in [6, 6.07) is 2.09. The van der Waals surface area contributed by atoms with Crippen LogP contribution in [0.5, 0.6) is 0 Å². The molecule has 1 aliphatic carbocycles. The second kappa shape index (κ2) is 6.98. The molecule has 0 unspecified atom stereocenters. The normalized spacial score (nSPS) is 19.2. The number of hydrogen-bond acceptors (Lipinski definition) is 4. The second-order valence-corrected chi connectivity index (χ2v) is 7.30. The average Bonchev–Trinajstić information content (AvgIpc) is 2.64. The lowest BCUT2D eigenvalue weighted by atomic mass is 9.88. The van der Waals surface area contributed by atoms with E-state index in [4.69, 9.17) is 9.97 Å². The van der Waals surface area contributed by atoms with Gasteiger partial charge < -0.3 is 0 Å². The fraction of sp³-hybridized carbons (Fsp3) is 0.550. The van der Waals surface area contributed by atoms with Crippen molar-refractivity contribution in [3.05, 3.63) is 52.9 Å². The van der Waals surface area contributed by atoms with Crippen LogP contribution in [0.15, 0.2) is 24.7 Å². The van der Waals surface area contributed by atoms with E-state index in [2.05, 4.69) is 29.1 Å². The molecule has 24 heavy (non-hydrogen) atoms.